The minimum Gasteiger partial charge on any atom is -0.343 e. The third-order valence-electron chi connectivity index (χ3n) is 5.32. The summed E-state index contributed by atoms with van der Waals surface area (Å²) in [6.45, 7) is 2.03. The summed E-state index contributed by atoms with van der Waals surface area (Å²) in [5.74, 6) is 1.29. The molecule has 3 atom stereocenters. The van der Waals surface area contributed by atoms with Crippen LogP contribution in [-0.4, -0.2) is 66.1 Å². The highest BCUT2D eigenvalue weighted by atomic mass is 32.2. The minimum atomic E-state index is -0.0240. The predicted octanol–water partition coefficient (Wildman–Crippen LogP) is 0.923. The quantitative estimate of drug-likeness (QED) is 0.497. The molecule has 23 heavy (non-hydrogen) atoms. The first kappa shape index (κ1) is 16.9. The molecule has 0 unspecified atom stereocenters. The second-order valence-corrected chi connectivity index (χ2v) is 8.13. The molecule has 3 N–H and O–H groups in total. The number of hydrogen-bond donors (Lipinski definition) is 3. The van der Waals surface area contributed by atoms with E-state index in [0.29, 0.717) is 23.8 Å². The molecule has 3 aliphatic heterocycles. The van der Waals surface area contributed by atoms with Crippen LogP contribution in [0.2, 0.25) is 0 Å². The summed E-state index contributed by atoms with van der Waals surface area (Å²) < 4.78 is 0. The van der Waals surface area contributed by atoms with Gasteiger partial charge in [0, 0.05) is 30.5 Å². The highest BCUT2D eigenvalue weighted by Crippen LogP contribution is 2.33. The van der Waals surface area contributed by atoms with Crippen molar-refractivity contribution in [3.63, 3.8) is 0 Å². The molecule has 0 spiro atoms. The summed E-state index contributed by atoms with van der Waals surface area (Å²) in [6, 6.07) is 0.963. The summed E-state index contributed by atoms with van der Waals surface area (Å²) in [7, 11) is 1.95. The molecule has 0 aromatic rings. The highest BCUT2D eigenvalue weighted by molar-refractivity contribution is 8.00. The normalized spacial score (nSPS) is 30.7. The lowest BCUT2D eigenvalue weighted by Gasteiger charge is -2.31. The average molecular weight is 340 g/mol. The largest absolute Gasteiger partial charge is 0.343 e. The van der Waals surface area contributed by atoms with E-state index in [9.17, 15) is 9.59 Å². The third kappa shape index (κ3) is 4.12. The maximum Gasteiger partial charge on any atom is 0.315 e. The van der Waals surface area contributed by atoms with Crippen molar-refractivity contribution in [1.82, 2.24) is 20.9 Å². The number of nitrogens with one attached hydrogen (secondary N) is 3. The van der Waals surface area contributed by atoms with Gasteiger partial charge < -0.3 is 20.9 Å². The van der Waals surface area contributed by atoms with Gasteiger partial charge in [0.15, 0.2) is 0 Å². The number of unbranched alkanes of at least 4 members (excludes halogenated alkanes) is 1. The zero-order chi connectivity index (χ0) is 16.2. The minimum absolute atomic E-state index is 0.0240. The van der Waals surface area contributed by atoms with Crippen molar-refractivity contribution in [3.8, 4) is 0 Å². The molecule has 0 aliphatic carbocycles. The lowest BCUT2D eigenvalue weighted by molar-refractivity contribution is -0.132. The van der Waals surface area contributed by atoms with Gasteiger partial charge in [-0.3, -0.25) is 4.79 Å². The van der Waals surface area contributed by atoms with E-state index in [1.54, 1.807) is 0 Å². The first-order valence-corrected chi connectivity index (χ1v) is 9.85. The van der Waals surface area contributed by atoms with E-state index in [2.05, 4.69) is 16.0 Å². The molecule has 0 aromatic carbocycles. The number of piperidine rings is 1. The maximum absolute atomic E-state index is 12.3. The number of fused-ring (bicyclic) bond motifs is 1. The van der Waals surface area contributed by atoms with E-state index >= 15 is 0 Å². The lowest BCUT2D eigenvalue weighted by atomic mass is 10.0. The van der Waals surface area contributed by atoms with Crippen molar-refractivity contribution in [2.75, 3.05) is 25.9 Å². The fraction of sp³-hybridized carbons (Fsp3) is 0.875. The summed E-state index contributed by atoms with van der Waals surface area (Å²) >= 11 is 1.94. The molecule has 3 amide bonds. The van der Waals surface area contributed by atoms with Crippen molar-refractivity contribution >= 4 is 23.7 Å². The molecule has 0 aromatic heterocycles. The standard InChI is InChI=1S/C16H28N4O2S/c1-20(11-6-8-17-9-7-11)14(21)5-3-2-4-13-15-12(10-23-13)18-16(22)19-15/h11-13,15,17H,2-10H2,1H3,(H2,18,19,22)/t12-,13-,15-/m0/s1. The summed E-state index contributed by atoms with van der Waals surface area (Å²) in [5.41, 5.74) is 0. The van der Waals surface area contributed by atoms with E-state index in [-0.39, 0.29) is 18.0 Å². The van der Waals surface area contributed by atoms with Crippen LogP contribution in [0.25, 0.3) is 0 Å². The molecule has 0 saturated carbocycles. The summed E-state index contributed by atoms with van der Waals surface area (Å²) in [5, 5.41) is 9.83. The van der Waals surface area contributed by atoms with Gasteiger partial charge in [-0.15, -0.1) is 0 Å². The molecule has 0 radical (unpaired) electrons. The van der Waals surface area contributed by atoms with Gasteiger partial charge in [0.1, 0.15) is 0 Å². The van der Waals surface area contributed by atoms with Crippen LogP contribution in [0.5, 0.6) is 0 Å². The molecule has 3 saturated heterocycles. The van der Waals surface area contributed by atoms with Crippen LogP contribution in [0.4, 0.5) is 4.79 Å². The molecule has 3 rings (SSSR count). The molecule has 130 valence electrons. The van der Waals surface area contributed by atoms with E-state index in [0.717, 1.165) is 50.9 Å². The van der Waals surface area contributed by atoms with Gasteiger partial charge >= 0.3 is 6.03 Å². The zero-order valence-electron chi connectivity index (χ0n) is 13.8. The Balaban J connectivity index is 1.33. The molecular weight excluding hydrogens is 312 g/mol. The van der Waals surface area contributed by atoms with Gasteiger partial charge in [-0.1, -0.05) is 6.42 Å². The van der Waals surface area contributed by atoms with E-state index < -0.39 is 0 Å². The smallest absolute Gasteiger partial charge is 0.315 e. The highest BCUT2D eigenvalue weighted by Gasteiger charge is 2.42. The predicted molar refractivity (Wildman–Crippen MR) is 92.6 cm³/mol. The van der Waals surface area contributed by atoms with Crippen LogP contribution in [-0.2, 0) is 4.79 Å². The van der Waals surface area contributed by atoms with Crippen LogP contribution in [0.3, 0.4) is 0 Å². The van der Waals surface area contributed by atoms with Crippen molar-refractivity contribution in [3.05, 3.63) is 0 Å². The zero-order valence-corrected chi connectivity index (χ0v) is 14.7. The molecular formula is C16H28N4O2S. The van der Waals surface area contributed by atoms with Crippen LogP contribution in [0.15, 0.2) is 0 Å². The van der Waals surface area contributed by atoms with E-state index in [1.807, 2.05) is 23.7 Å². The van der Waals surface area contributed by atoms with Gasteiger partial charge in [0.05, 0.1) is 12.1 Å². The fourth-order valence-corrected chi connectivity index (χ4v) is 5.38. The van der Waals surface area contributed by atoms with Crippen LogP contribution >= 0.6 is 11.8 Å². The van der Waals surface area contributed by atoms with Gasteiger partial charge in [-0.25, -0.2) is 4.79 Å². The number of amides is 3. The van der Waals surface area contributed by atoms with Gasteiger partial charge in [-0.2, -0.15) is 11.8 Å². The molecule has 7 heteroatoms. The number of thioether (sulfide) groups is 1. The maximum atomic E-state index is 12.3. The first-order valence-electron chi connectivity index (χ1n) is 8.80. The lowest BCUT2D eigenvalue weighted by Crippen LogP contribution is -2.43. The molecule has 6 nitrogen and oxygen atoms in total. The molecule has 3 aliphatic rings. The Hall–Kier alpha value is -0.950. The number of urea groups is 1. The van der Waals surface area contributed by atoms with Crippen molar-refractivity contribution in [2.24, 2.45) is 0 Å². The molecule has 3 fully saturated rings. The van der Waals surface area contributed by atoms with Gasteiger partial charge in [-0.05, 0) is 38.8 Å². The number of carbonyl (C=O) groups excluding carboxylic acids is 2. The second kappa shape index (κ2) is 7.75. The Morgan fingerprint density at radius 3 is 2.83 bits per heavy atom. The van der Waals surface area contributed by atoms with E-state index in [1.165, 1.54) is 0 Å². The average Bonchev–Trinajstić information content (AvgIpc) is 3.11. The molecule has 3 heterocycles. The topological polar surface area (TPSA) is 73.5 Å². The number of hydrogen-bond acceptors (Lipinski definition) is 4. The summed E-state index contributed by atoms with van der Waals surface area (Å²) in [6.07, 6.45) is 5.87. The monoisotopic (exact) mass is 340 g/mol. The fourth-order valence-electron chi connectivity index (χ4n) is 3.84. The Labute approximate surface area is 142 Å². The third-order valence-corrected chi connectivity index (χ3v) is 6.83. The van der Waals surface area contributed by atoms with Crippen LogP contribution in [0, 0.1) is 0 Å². The Bertz CT molecular complexity index is 442. The Morgan fingerprint density at radius 1 is 1.26 bits per heavy atom. The first-order chi connectivity index (χ1) is 11.1. The van der Waals surface area contributed by atoms with Crippen molar-refractivity contribution < 1.29 is 9.59 Å². The van der Waals surface area contributed by atoms with Crippen LogP contribution in [0.1, 0.15) is 38.5 Å². The second-order valence-electron chi connectivity index (χ2n) is 6.85. The number of carbonyl (C=O) groups is 2. The SMILES string of the molecule is CN(C(=O)CCCC[C@@H]1SC[C@@H]2NC(=O)N[C@@H]21)C1CCNCC1. The molecule has 0 bridgehead atoms. The van der Waals surface area contributed by atoms with Crippen molar-refractivity contribution in [1.29, 1.82) is 0 Å². The van der Waals surface area contributed by atoms with Gasteiger partial charge in [0.2, 0.25) is 5.91 Å². The summed E-state index contributed by atoms with van der Waals surface area (Å²) in [4.78, 5) is 25.6. The van der Waals surface area contributed by atoms with Gasteiger partial charge in [0.25, 0.3) is 0 Å². The number of rotatable bonds is 6. The number of nitrogens with zero attached hydrogens (tertiary/aromatic N) is 1. The van der Waals surface area contributed by atoms with Crippen molar-refractivity contribution in [2.45, 2.75) is 61.9 Å². The Morgan fingerprint density at radius 2 is 2.04 bits per heavy atom. The van der Waals surface area contributed by atoms with Crippen LogP contribution < -0.4 is 16.0 Å². The Kier molecular flexibility index (Phi) is 5.69. The van der Waals surface area contributed by atoms with E-state index in [4.69, 9.17) is 0 Å².